The number of rotatable bonds is 3. The minimum Gasteiger partial charge on any atom is -0.335 e. The molecule has 1 aromatic rings. The third kappa shape index (κ3) is 3.62. The van der Waals surface area contributed by atoms with Gasteiger partial charge in [-0.1, -0.05) is 31.9 Å². The van der Waals surface area contributed by atoms with Gasteiger partial charge >= 0.3 is 0 Å². The quantitative estimate of drug-likeness (QED) is 0.749. The van der Waals surface area contributed by atoms with Gasteiger partial charge in [-0.25, -0.2) is 8.42 Å². The zero-order chi connectivity index (χ0) is 14.9. The number of hydrogen-bond donors (Lipinski definition) is 0. The van der Waals surface area contributed by atoms with E-state index in [1.165, 1.54) is 0 Å². The molecule has 1 heterocycles. The molecule has 0 aromatic heterocycles. The molecular formula is C13H15Br2NO3S. The fourth-order valence-electron chi connectivity index (χ4n) is 2.43. The van der Waals surface area contributed by atoms with Crippen LogP contribution in [0.2, 0.25) is 0 Å². The number of sulfone groups is 1. The van der Waals surface area contributed by atoms with Crippen LogP contribution in [0.5, 0.6) is 0 Å². The Morgan fingerprint density at radius 1 is 1.30 bits per heavy atom. The van der Waals surface area contributed by atoms with Gasteiger partial charge in [-0.05, 0) is 31.5 Å². The van der Waals surface area contributed by atoms with Crippen molar-refractivity contribution in [2.45, 2.75) is 19.4 Å². The highest BCUT2D eigenvalue weighted by Crippen LogP contribution is 2.24. The molecule has 110 valence electrons. The molecule has 1 amide bonds. The van der Waals surface area contributed by atoms with Crippen LogP contribution < -0.4 is 0 Å². The second-order valence-corrected chi connectivity index (χ2v) is 8.87. The molecule has 20 heavy (non-hydrogen) atoms. The summed E-state index contributed by atoms with van der Waals surface area (Å²) in [5.41, 5.74) is 0.553. The topological polar surface area (TPSA) is 54.5 Å². The third-order valence-electron chi connectivity index (χ3n) is 3.36. The van der Waals surface area contributed by atoms with Crippen LogP contribution in [0, 0.1) is 0 Å². The molecule has 4 nitrogen and oxygen atoms in total. The van der Waals surface area contributed by atoms with Crippen molar-refractivity contribution in [3.05, 3.63) is 32.7 Å². The molecule has 1 aliphatic heterocycles. The Morgan fingerprint density at radius 2 is 1.90 bits per heavy atom. The number of nitrogens with zero attached hydrogens (tertiary/aromatic N) is 1. The first-order chi connectivity index (χ1) is 9.32. The van der Waals surface area contributed by atoms with Crippen LogP contribution in [0.15, 0.2) is 27.1 Å². The fourth-order valence-corrected chi connectivity index (χ4v) is 5.46. The van der Waals surface area contributed by atoms with Crippen molar-refractivity contribution >= 4 is 47.6 Å². The molecule has 0 N–H and O–H groups in total. The lowest BCUT2D eigenvalue weighted by molar-refractivity contribution is 0.0708. The van der Waals surface area contributed by atoms with E-state index in [1.54, 1.807) is 17.0 Å². The highest BCUT2D eigenvalue weighted by atomic mass is 79.9. The summed E-state index contributed by atoms with van der Waals surface area (Å²) < 4.78 is 24.8. The maximum absolute atomic E-state index is 12.6. The van der Waals surface area contributed by atoms with Gasteiger partial charge in [0, 0.05) is 27.1 Å². The first kappa shape index (κ1) is 16.0. The summed E-state index contributed by atoms with van der Waals surface area (Å²) in [5, 5.41) is 0. The van der Waals surface area contributed by atoms with Gasteiger partial charge in [-0.2, -0.15) is 0 Å². The molecular weight excluding hydrogens is 410 g/mol. The molecule has 1 aliphatic rings. The molecule has 0 spiro atoms. The van der Waals surface area contributed by atoms with Crippen molar-refractivity contribution in [2.75, 3.05) is 18.1 Å². The van der Waals surface area contributed by atoms with E-state index in [0.717, 1.165) is 8.95 Å². The molecule has 0 bridgehead atoms. The third-order valence-corrected chi connectivity index (χ3v) is 6.03. The highest BCUT2D eigenvalue weighted by Gasteiger charge is 2.34. The molecule has 0 saturated carbocycles. The lowest BCUT2D eigenvalue weighted by Crippen LogP contribution is -2.41. The van der Waals surface area contributed by atoms with Crippen molar-refractivity contribution < 1.29 is 13.2 Å². The molecule has 0 radical (unpaired) electrons. The van der Waals surface area contributed by atoms with Crippen LogP contribution >= 0.6 is 31.9 Å². The highest BCUT2D eigenvalue weighted by molar-refractivity contribution is 9.11. The van der Waals surface area contributed by atoms with Crippen LogP contribution in [0.4, 0.5) is 0 Å². The van der Waals surface area contributed by atoms with E-state index in [2.05, 4.69) is 31.9 Å². The Kier molecular flexibility index (Phi) is 4.92. The van der Waals surface area contributed by atoms with E-state index in [4.69, 9.17) is 0 Å². The van der Waals surface area contributed by atoms with Crippen molar-refractivity contribution in [2.24, 2.45) is 0 Å². The lowest BCUT2D eigenvalue weighted by Gasteiger charge is -2.27. The summed E-state index contributed by atoms with van der Waals surface area (Å²) >= 11 is 6.71. The Morgan fingerprint density at radius 3 is 2.35 bits per heavy atom. The summed E-state index contributed by atoms with van der Waals surface area (Å²) in [5.74, 6) is 0.113. The van der Waals surface area contributed by atoms with Crippen molar-refractivity contribution in [3.63, 3.8) is 0 Å². The molecule has 1 aromatic carbocycles. The first-order valence-corrected chi connectivity index (χ1v) is 9.70. The number of hydrogen-bond acceptors (Lipinski definition) is 3. The van der Waals surface area contributed by atoms with Crippen molar-refractivity contribution in [3.8, 4) is 0 Å². The van der Waals surface area contributed by atoms with Gasteiger partial charge in [0.15, 0.2) is 9.84 Å². The summed E-state index contributed by atoms with van der Waals surface area (Å²) in [6, 6.07) is 5.14. The van der Waals surface area contributed by atoms with E-state index in [-0.39, 0.29) is 23.5 Å². The summed E-state index contributed by atoms with van der Waals surface area (Å²) in [6.45, 7) is 2.37. The van der Waals surface area contributed by atoms with Crippen molar-refractivity contribution in [1.29, 1.82) is 0 Å². The van der Waals surface area contributed by atoms with Gasteiger partial charge < -0.3 is 4.90 Å². The van der Waals surface area contributed by atoms with Gasteiger partial charge in [0.2, 0.25) is 0 Å². The van der Waals surface area contributed by atoms with Gasteiger partial charge in [0.05, 0.1) is 11.5 Å². The minimum absolute atomic E-state index is 0.0712. The smallest absolute Gasteiger partial charge is 0.254 e. The van der Waals surface area contributed by atoms with Gasteiger partial charge in [-0.15, -0.1) is 0 Å². The normalized spacial score (nSPS) is 20.9. The number of carbonyl (C=O) groups is 1. The minimum atomic E-state index is -3.00. The largest absolute Gasteiger partial charge is 0.335 e. The number of carbonyl (C=O) groups excluding carboxylic acids is 1. The van der Waals surface area contributed by atoms with Gasteiger partial charge in [0.25, 0.3) is 5.91 Å². The van der Waals surface area contributed by atoms with E-state index in [0.29, 0.717) is 18.5 Å². The van der Waals surface area contributed by atoms with Crippen LogP contribution in [0.25, 0.3) is 0 Å². The number of benzene rings is 1. The predicted octanol–water partition coefficient (Wildman–Crippen LogP) is 2.86. The van der Waals surface area contributed by atoms with Gasteiger partial charge in [0.1, 0.15) is 0 Å². The van der Waals surface area contributed by atoms with Crippen LogP contribution in [-0.2, 0) is 9.84 Å². The van der Waals surface area contributed by atoms with Crippen LogP contribution in [-0.4, -0.2) is 43.3 Å². The van der Waals surface area contributed by atoms with Crippen LogP contribution in [0.1, 0.15) is 23.7 Å². The summed E-state index contributed by atoms with van der Waals surface area (Å²) in [4.78, 5) is 14.2. The molecule has 1 atom stereocenters. The number of halogens is 2. The zero-order valence-electron chi connectivity index (χ0n) is 11.0. The molecule has 1 fully saturated rings. The van der Waals surface area contributed by atoms with E-state index >= 15 is 0 Å². The lowest BCUT2D eigenvalue weighted by atomic mass is 10.1. The average molecular weight is 425 g/mol. The first-order valence-electron chi connectivity index (χ1n) is 6.30. The standard InChI is InChI=1S/C13H15Br2NO3S/c1-2-16(12-3-4-20(18,19)8-12)13(17)9-5-10(14)7-11(15)6-9/h5-7,12H,2-4,8H2,1H3. The molecule has 1 unspecified atom stereocenters. The summed E-state index contributed by atoms with van der Waals surface area (Å²) in [7, 11) is -3.00. The maximum atomic E-state index is 12.6. The van der Waals surface area contributed by atoms with Crippen LogP contribution in [0.3, 0.4) is 0 Å². The molecule has 2 rings (SSSR count). The Hall–Kier alpha value is -0.400. The fraction of sp³-hybridized carbons (Fsp3) is 0.462. The Labute approximate surface area is 135 Å². The Balaban J connectivity index is 2.25. The monoisotopic (exact) mass is 423 g/mol. The van der Waals surface area contributed by atoms with E-state index < -0.39 is 9.84 Å². The second kappa shape index (κ2) is 6.15. The van der Waals surface area contributed by atoms with Gasteiger partial charge in [-0.3, -0.25) is 4.79 Å². The van der Waals surface area contributed by atoms with Crippen molar-refractivity contribution in [1.82, 2.24) is 4.90 Å². The molecule has 1 saturated heterocycles. The molecule has 7 heteroatoms. The Bertz CT molecular complexity index is 610. The SMILES string of the molecule is CCN(C(=O)c1cc(Br)cc(Br)c1)C1CCS(=O)(=O)C1. The zero-order valence-corrected chi connectivity index (χ0v) is 15.0. The maximum Gasteiger partial charge on any atom is 0.254 e. The summed E-state index contributed by atoms with van der Waals surface area (Å²) in [6.07, 6.45) is 0.525. The van der Waals surface area contributed by atoms with E-state index in [9.17, 15) is 13.2 Å². The van der Waals surface area contributed by atoms with E-state index in [1.807, 2.05) is 13.0 Å². The average Bonchev–Trinajstić information content (AvgIpc) is 2.69. The second-order valence-electron chi connectivity index (χ2n) is 4.81. The predicted molar refractivity (Wildman–Crippen MR) is 85.6 cm³/mol. The number of amides is 1. The molecule has 0 aliphatic carbocycles.